The van der Waals surface area contributed by atoms with E-state index in [1.807, 2.05) is 66.7 Å². The van der Waals surface area contributed by atoms with E-state index in [1.54, 1.807) is 42.5 Å². The number of benzene rings is 5. The molecule has 5 nitrogen and oxygen atoms in total. The van der Waals surface area contributed by atoms with Gasteiger partial charge < -0.3 is 9.64 Å². The van der Waals surface area contributed by atoms with Crippen LogP contribution >= 0.6 is 0 Å². The normalized spacial score (nSPS) is 16.8. The maximum Gasteiger partial charge on any atom is 0.211 e. The Labute approximate surface area is 238 Å². The smallest absolute Gasteiger partial charge is 0.211 e. The molecular formula is C35H23NO4S. The molecule has 2 heterocycles. The zero-order valence-corrected chi connectivity index (χ0v) is 22.6. The number of rotatable bonds is 4. The molecule has 0 saturated heterocycles. The number of ether oxygens (including phenoxy) is 1. The fourth-order valence-electron chi connectivity index (χ4n) is 5.35. The highest BCUT2D eigenvalue weighted by Gasteiger charge is 2.42. The van der Waals surface area contributed by atoms with E-state index in [1.165, 1.54) is 6.07 Å². The third kappa shape index (κ3) is 4.17. The number of hydrogen-bond acceptors (Lipinski definition) is 5. The van der Waals surface area contributed by atoms with E-state index < -0.39 is 15.6 Å². The number of allylic oxidation sites excluding steroid dienone is 3. The molecule has 0 unspecified atom stereocenters. The van der Waals surface area contributed by atoms with Gasteiger partial charge in [-0.25, -0.2) is 8.42 Å². The summed E-state index contributed by atoms with van der Waals surface area (Å²) in [7, 11) is -4.00. The second kappa shape index (κ2) is 9.77. The Morgan fingerprint density at radius 1 is 0.561 bits per heavy atom. The first kappa shape index (κ1) is 24.8. The van der Waals surface area contributed by atoms with Crippen molar-refractivity contribution in [3.05, 3.63) is 161 Å². The van der Waals surface area contributed by atoms with Gasteiger partial charge in [0.1, 0.15) is 16.4 Å². The third-order valence-corrected chi connectivity index (χ3v) is 9.13. The summed E-state index contributed by atoms with van der Waals surface area (Å²) in [6, 6.07) is 41.6. The van der Waals surface area contributed by atoms with Gasteiger partial charge in [-0.15, -0.1) is 0 Å². The lowest BCUT2D eigenvalue weighted by Gasteiger charge is -2.26. The molecule has 0 amide bonds. The SMILES string of the molecule is O=C1C(=C2C=C(c3ccc(N(c4ccccc4)c4ccccc4)cc3)Oc3ccccc32)S(=O)(=O)c2ccccc21. The molecule has 0 radical (unpaired) electrons. The number of sulfone groups is 1. The van der Waals surface area contributed by atoms with Gasteiger partial charge in [0.15, 0.2) is 0 Å². The molecule has 5 aromatic carbocycles. The Bertz CT molecular complexity index is 1940. The molecule has 0 aliphatic carbocycles. The molecule has 0 saturated carbocycles. The predicted octanol–water partition coefficient (Wildman–Crippen LogP) is 7.97. The number of carbonyl (C=O) groups is 1. The van der Waals surface area contributed by atoms with Gasteiger partial charge >= 0.3 is 0 Å². The Hall–Kier alpha value is -5.20. The van der Waals surface area contributed by atoms with Gasteiger partial charge in [-0.1, -0.05) is 66.7 Å². The number of carbonyl (C=O) groups excluding carboxylic acids is 1. The first-order valence-corrected chi connectivity index (χ1v) is 14.6. The van der Waals surface area contributed by atoms with Crippen LogP contribution in [-0.2, 0) is 9.84 Å². The van der Waals surface area contributed by atoms with Crippen LogP contribution < -0.4 is 9.64 Å². The van der Waals surface area contributed by atoms with Crippen molar-refractivity contribution in [3.8, 4) is 5.75 Å². The molecule has 2 aliphatic rings. The summed E-state index contributed by atoms with van der Waals surface area (Å²) < 4.78 is 33.4. The maximum atomic E-state index is 13.6. The number of nitrogens with zero attached hydrogens (tertiary/aromatic N) is 1. The lowest BCUT2D eigenvalue weighted by Crippen LogP contribution is -2.11. The Kier molecular flexibility index (Phi) is 5.91. The van der Waals surface area contributed by atoms with Crippen molar-refractivity contribution in [2.45, 2.75) is 4.90 Å². The monoisotopic (exact) mass is 553 g/mol. The van der Waals surface area contributed by atoms with Crippen LogP contribution in [0, 0.1) is 0 Å². The van der Waals surface area contributed by atoms with Gasteiger partial charge in [-0.05, 0) is 72.8 Å². The Morgan fingerprint density at radius 2 is 1.10 bits per heavy atom. The molecule has 198 valence electrons. The first-order valence-electron chi connectivity index (χ1n) is 13.1. The van der Waals surface area contributed by atoms with Crippen molar-refractivity contribution in [1.29, 1.82) is 0 Å². The highest BCUT2D eigenvalue weighted by molar-refractivity contribution is 7.97. The maximum absolute atomic E-state index is 13.6. The van der Waals surface area contributed by atoms with Crippen LogP contribution in [-0.4, -0.2) is 14.2 Å². The van der Waals surface area contributed by atoms with Crippen molar-refractivity contribution in [1.82, 2.24) is 0 Å². The van der Waals surface area contributed by atoms with Crippen LogP contribution in [0.4, 0.5) is 17.1 Å². The molecule has 7 rings (SSSR count). The molecule has 0 fully saturated rings. The number of para-hydroxylation sites is 3. The zero-order chi connectivity index (χ0) is 28.0. The second-order valence-electron chi connectivity index (χ2n) is 9.73. The van der Waals surface area contributed by atoms with Crippen LogP contribution in [0.25, 0.3) is 11.3 Å². The third-order valence-electron chi connectivity index (χ3n) is 7.25. The fourth-order valence-corrected chi connectivity index (χ4v) is 7.09. The summed E-state index contributed by atoms with van der Waals surface area (Å²) in [5, 5.41) is 0. The Morgan fingerprint density at radius 3 is 1.73 bits per heavy atom. The fraction of sp³-hybridized carbons (Fsp3) is 0. The van der Waals surface area contributed by atoms with Crippen molar-refractivity contribution < 1.29 is 17.9 Å². The van der Waals surface area contributed by atoms with Crippen LogP contribution in [0.3, 0.4) is 0 Å². The highest BCUT2D eigenvalue weighted by atomic mass is 32.2. The minimum atomic E-state index is -4.00. The molecule has 5 aromatic rings. The van der Waals surface area contributed by atoms with Crippen LogP contribution in [0.15, 0.2) is 149 Å². The van der Waals surface area contributed by atoms with Crippen molar-refractivity contribution >= 4 is 44.0 Å². The lowest BCUT2D eigenvalue weighted by atomic mass is 9.97. The van der Waals surface area contributed by atoms with E-state index in [0.29, 0.717) is 22.6 Å². The molecule has 0 aromatic heterocycles. The largest absolute Gasteiger partial charge is 0.456 e. The van der Waals surface area contributed by atoms with E-state index in [4.69, 9.17) is 4.74 Å². The van der Waals surface area contributed by atoms with E-state index in [9.17, 15) is 13.2 Å². The summed E-state index contributed by atoms with van der Waals surface area (Å²) in [5.41, 5.74) is 4.83. The van der Waals surface area contributed by atoms with Gasteiger partial charge in [0.25, 0.3) is 0 Å². The summed E-state index contributed by atoms with van der Waals surface area (Å²) in [4.78, 5) is 15.4. The number of anilines is 3. The van der Waals surface area contributed by atoms with Gasteiger partial charge in [0.2, 0.25) is 15.6 Å². The van der Waals surface area contributed by atoms with E-state index in [-0.39, 0.29) is 15.4 Å². The zero-order valence-electron chi connectivity index (χ0n) is 21.8. The summed E-state index contributed by atoms with van der Waals surface area (Å²) in [6.07, 6.45) is 1.67. The van der Waals surface area contributed by atoms with Gasteiger partial charge in [0, 0.05) is 39.3 Å². The minimum absolute atomic E-state index is 0.0395. The second-order valence-corrected chi connectivity index (χ2v) is 11.6. The number of fused-ring (bicyclic) bond motifs is 2. The molecule has 0 atom stereocenters. The summed E-state index contributed by atoms with van der Waals surface area (Å²) in [5.74, 6) is 0.452. The average molecular weight is 554 g/mol. The van der Waals surface area contributed by atoms with E-state index in [2.05, 4.69) is 29.2 Å². The molecular weight excluding hydrogens is 530 g/mol. The quantitative estimate of drug-likeness (QED) is 0.211. The van der Waals surface area contributed by atoms with Crippen molar-refractivity contribution in [2.75, 3.05) is 4.90 Å². The van der Waals surface area contributed by atoms with Gasteiger partial charge in [-0.2, -0.15) is 0 Å². The molecule has 6 heteroatoms. The molecule has 2 aliphatic heterocycles. The average Bonchev–Trinajstić information content (AvgIpc) is 3.22. The number of Topliss-reactive ketones (excluding diaryl/α,β-unsaturated/α-hetero) is 1. The van der Waals surface area contributed by atoms with Crippen LogP contribution in [0.1, 0.15) is 21.5 Å². The lowest BCUT2D eigenvalue weighted by molar-refractivity contribution is 0.104. The minimum Gasteiger partial charge on any atom is -0.456 e. The molecule has 41 heavy (non-hydrogen) atoms. The predicted molar refractivity (Wildman–Crippen MR) is 161 cm³/mol. The molecule has 0 bridgehead atoms. The Balaban J connectivity index is 1.34. The van der Waals surface area contributed by atoms with Crippen molar-refractivity contribution in [2.24, 2.45) is 0 Å². The van der Waals surface area contributed by atoms with E-state index >= 15 is 0 Å². The van der Waals surface area contributed by atoms with Crippen LogP contribution in [0.5, 0.6) is 5.75 Å². The molecule has 0 N–H and O–H groups in total. The standard InChI is InChI=1S/C35H23NO4S/c37-34-29-16-8-10-18-33(29)41(38,39)35(34)30-23-32(40-31-17-9-7-15-28(30)31)24-19-21-27(22-20-24)36(25-11-3-1-4-12-25)26-13-5-2-6-14-26/h1-23H. The van der Waals surface area contributed by atoms with Gasteiger partial charge in [0.05, 0.1) is 4.90 Å². The van der Waals surface area contributed by atoms with Gasteiger partial charge in [-0.3, -0.25) is 4.79 Å². The number of hydrogen-bond donors (Lipinski definition) is 0. The van der Waals surface area contributed by atoms with E-state index in [0.717, 1.165) is 22.6 Å². The summed E-state index contributed by atoms with van der Waals surface area (Å²) >= 11 is 0. The van der Waals surface area contributed by atoms with Crippen LogP contribution in [0.2, 0.25) is 0 Å². The first-order chi connectivity index (χ1) is 20.0. The number of ketones is 1. The molecule has 0 spiro atoms. The van der Waals surface area contributed by atoms with Crippen molar-refractivity contribution in [3.63, 3.8) is 0 Å². The summed E-state index contributed by atoms with van der Waals surface area (Å²) in [6.45, 7) is 0. The topological polar surface area (TPSA) is 63.7 Å². The highest BCUT2D eigenvalue weighted by Crippen LogP contribution is 2.45.